The maximum atomic E-state index is 12.1. The van der Waals surface area contributed by atoms with Crippen LogP contribution >= 0.6 is 0 Å². The number of amides is 1. The van der Waals surface area contributed by atoms with Crippen LogP contribution in [0.3, 0.4) is 0 Å². The van der Waals surface area contributed by atoms with Gasteiger partial charge in [0, 0.05) is 12.0 Å². The van der Waals surface area contributed by atoms with Crippen LogP contribution in [0.2, 0.25) is 0 Å². The number of amidine groups is 1. The molecule has 0 bridgehead atoms. The lowest BCUT2D eigenvalue weighted by atomic mass is 9.96. The van der Waals surface area contributed by atoms with Crippen LogP contribution in [-0.4, -0.2) is 36.1 Å². The third-order valence-corrected chi connectivity index (χ3v) is 3.59. The molecule has 2 rings (SSSR count). The van der Waals surface area contributed by atoms with Crippen molar-refractivity contribution in [3.8, 4) is 0 Å². The number of methoxy groups -OCH3 is 1. The van der Waals surface area contributed by atoms with Crippen LogP contribution in [0.1, 0.15) is 41.8 Å². The second-order valence-corrected chi connectivity index (χ2v) is 5.59. The Morgan fingerprint density at radius 2 is 2.05 bits per heavy atom. The van der Waals surface area contributed by atoms with Crippen molar-refractivity contribution in [1.29, 1.82) is 0 Å². The maximum absolute atomic E-state index is 12.1. The van der Waals surface area contributed by atoms with Crippen molar-refractivity contribution in [3.05, 3.63) is 34.9 Å². The second kappa shape index (κ2) is 5.71. The highest BCUT2D eigenvalue weighted by atomic mass is 16.5. The van der Waals surface area contributed by atoms with E-state index in [1.54, 1.807) is 25.1 Å². The monoisotopic (exact) mass is 302 g/mol. The number of ether oxygens (including phenoxy) is 1. The molecule has 0 radical (unpaired) electrons. The van der Waals surface area contributed by atoms with Crippen molar-refractivity contribution in [2.75, 3.05) is 7.11 Å². The fourth-order valence-corrected chi connectivity index (χ4v) is 2.42. The lowest BCUT2D eigenvalue weighted by Gasteiger charge is -2.14. The smallest absolute Gasteiger partial charge is 0.337 e. The number of esters is 1. The third-order valence-electron chi connectivity index (χ3n) is 3.59. The molecule has 1 heterocycles. The molecule has 1 aromatic rings. The summed E-state index contributed by atoms with van der Waals surface area (Å²) in [6, 6.07) is 5.04. The Labute approximate surface area is 128 Å². The number of aliphatic imine (C=N–C) groups is 1. The van der Waals surface area contributed by atoms with Crippen LogP contribution in [0.15, 0.2) is 23.2 Å². The van der Waals surface area contributed by atoms with Crippen molar-refractivity contribution in [1.82, 2.24) is 5.32 Å². The molecule has 1 atom stereocenters. The van der Waals surface area contributed by atoms with Crippen molar-refractivity contribution in [3.63, 3.8) is 0 Å². The van der Waals surface area contributed by atoms with Crippen molar-refractivity contribution < 1.29 is 19.1 Å². The van der Waals surface area contributed by atoms with Gasteiger partial charge in [-0.25, -0.2) is 4.79 Å². The van der Waals surface area contributed by atoms with Crippen molar-refractivity contribution in [2.24, 2.45) is 4.99 Å². The molecule has 6 nitrogen and oxygen atoms in total. The first kappa shape index (κ1) is 15.9. The topological polar surface area (TPSA) is 84.8 Å². The zero-order chi connectivity index (χ0) is 16.5. The quantitative estimate of drug-likeness (QED) is 0.852. The fraction of sp³-hybridized carbons (Fsp3) is 0.375. The Morgan fingerprint density at radius 3 is 2.64 bits per heavy atom. The molecule has 116 valence electrons. The molecule has 0 saturated carbocycles. The first-order valence-corrected chi connectivity index (χ1v) is 6.87. The number of aryl methyl sites for hydroxylation is 1. The molecule has 6 heteroatoms. The lowest BCUT2D eigenvalue weighted by Crippen LogP contribution is -2.38. The molecule has 1 aliphatic heterocycles. The molecular formula is C16H18N2O4. The van der Waals surface area contributed by atoms with Gasteiger partial charge in [0.25, 0.3) is 5.91 Å². The van der Waals surface area contributed by atoms with Gasteiger partial charge in [0.2, 0.25) is 0 Å². The molecule has 1 unspecified atom stereocenters. The number of benzene rings is 1. The van der Waals surface area contributed by atoms with E-state index in [-0.39, 0.29) is 18.1 Å². The zero-order valence-corrected chi connectivity index (χ0v) is 13.0. The summed E-state index contributed by atoms with van der Waals surface area (Å²) in [5.74, 6) is -0.516. The van der Waals surface area contributed by atoms with E-state index >= 15 is 0 Å². The van der Waals surface area contributed by atoms with Gasteiger partial charge >= 0.3 is 5.97 Å². The standard InChI is InChI=1S/C16H18N2O4/c1-9-5-6-11(14(20)22-4)7-12(9)13-17-15(21)16(3,18-13)8-10(2)19/h5-7H,8H2,1-4H3,(H,17,18,21). The number of Topliss-reactive ketones (excluding diaryl/α,β-unsaturated/α-hetero) is 1. The van der Waals surface area contributed by atoms with Crippen LogP contribution in [0.25, 0.3) is 0 Å². The van der Waals surface area contributed by atoms with Gasteiger partial charge in [-0.2, -0.15) is 0 Å². The minimum absolute atomic E-state index is 0.0398. The average molecular weight is 302 g/mol. The van der Waals surface area contributed by atoms with Gasteiger partial charge in [-0.3, -0.25) is 14.6 Å². The Kier molecular flexibility index (Phi) is 4.12. The van der Waals surface area contributed by atoms with Gasteiger partial charge < -0.3 is 10.1 Å². The summed E-state index contributed by atoms with van der Waals surface area (Å²) in [6.45, 7) is 4.90. The summed E-state index contributed by atoms with van der Waals surface area (Å²) >= 11 is 0. The third kappa shape index (κ3) is 2.90. The molecule has 1 aromatic carbocycles. The Balaban J connectivity index is 2.44. The predicted octanol–water partition coefficient (Wildman–Crippen LogP) is 1.40. The summed E-state index contributed by atoms with van der Waals surface area (Å²) in [6.07, 6.45) is 0.0398. The van der Waals surface area contributed by atoms with E-state index in [0.717, 1.165) is 5.56 Å². The molecular weight excluding hydrogens is 284 g/mol. The number of ketones is 1. The molecule has 0 fully saturated rings. The summed E-state index contributed by atoms with van der Waals surface area (Å²) < 4.78 is 4.70. The highest BCUT2D eigenvalue weighted by molar-refractivity contribution is 6.17. The zero-order valence-electron chi connectivity index (χ0n) is 13.0. The molecule has 1 aliphatic rings. The van der Waals surface area contributed by atoms with Gasteiger partial charge in [0.15, 0.2) is 0 Å². The molecule has 1 N–H and O–H groups in total. The highest BCUT2D eigenvalue weighted by Crippen LogP contribution is 2.24. The van der Waals surface area contributed by atoms with Gasteiger partial charge in [-0.15, -0.1) is 0 Å². The van der Waals surface area contributed by atoms with E-state index in [2.05, 4.69) is 10.3 Å². The van der Waals surface area contributed by atoms with Crippen LogP contribution in [0.5, 0.6) is 0 Å². The number of carbonyl (C=O) groups excluding carboxylic acids is 3. The van der Waals surface area contributed by atoms with E-state index < -0.39 is 11.5 Å². The Hall–Kier alpha value is -2.50. The first-order valence-electron chi connectivity index (χ1n) is 6.87. The number of nitrogens with one attached hydrogen (secondary N) is 1. The summed E-state index contributed by atoms with van der Waals surface area (Å²) in [5, 5.41) is 2.70. The summed E-state index contributed by atoms with van der Waals surface area (Å²) in [7, 11) is 1.31. The normalized spacial score (nSPS) is 20.4. The summed E-state index contributed by atoms with van der Waals surface area (Å²) in [4.78, 5) is 39.5. The largest absolute Gasteiger partial charge is 0.465 e. The van der Waals surface area contributed by atoms with E-state index in [1.165, 1.54) is 14.0 Å². The van der Waals surface area contributed by atoms with Gasteiger partial charge in [0.1, 0.15) is 17.2 Å². The molecule has 0 saturated heterocycles. The Morgan fingerprint density at radius 1 is 1.36 bits per heavy atom. The van der Waals surface area contributed by atoms with E-state index in [1.807, 2.05) is 6.92 Å². The van der Waals surface area contributed by atoms with E-state index in [0.29, 0.717) is 17.0 Å². The number of hydrogen-bond acceptors (Lipinski definition) is 5. The average Bonchev–Trinajstić information content (AvgIpc) is 2.73. The molecule has 22 heavy (non-hydrogen) atoms. The van der Waals surface area contributed by atoms with Gasteiger partial charge in [0.05, 0.1) is 12.7 Å². The van der Waals surface area contributed by atoms with E-state index in [4.69, 9.17) is 4.74 Å². The first-order chi connectivity index (χ1) is 10.3. The SMILES string of the molecule is COC(=O)c1ccc(C)c(C2=NC(C)(CC(C)=O)C(=O)N2)c1. The van der Waals surface area contributed by atoms with Crippen LogP contribution in [0, 0.1) is 6.92 Å². The summed E-state index contributed by atoms with van der Waals surface area (Å²) in [5.41, 5.74) is 0.775. The van der Waals surface area contributed by atoms with Crippen LogP contribution in [0.4, 0.5) is 0 Å². The molecule has 1 amide bonds. The highest BCUT2D eigenvalue weighted by Gasteiger charge is 2.40. The van der Waals surface area contributed by atoms with Crippen LogP contribution < -0.4 is 5.32 Å². The molecule has 0 spiro atoms. The molecule has 0 aromatic heterocycles. The van der Waals surface area contributed by atoms with Crippen LogP contribution in [-0.2, 0) is 14.3 Å². The minimum atomic E-state index is -1.10. The lowest BCUT2D eigenvalue weighted by molar-refractivity contribution is -0.127. The van der Waals surface area contributed by atoms with Crippen molar-refractivity contribution >= 4 is 23.5 Å². The van der Waals surface area contributed by atoms with Crippen molar-refractivity contribution in [2.45, 2.75) is 32.7 Å². The molecule has 0 aliphatic carbocycles. The number of hydrogen-bond donors (Lipinski definition) is 1. The number of carbonyl (C=O) groups is 3. The minimum Gasteiger partial charge on any atom is -0.465 e. The van der Waals surface area contributed by atoms with E-state index in [9.17, 15) is 14.4 Å². The predicted molar refractivity (Wildman–Crippen MR) is 80.9 cm³/mol. The van der Waals surface area contributed by atoms with Gasteiger partial charge in [-0.05, 0) is 38.5 Å². The Bertz CT molecular complexity index is 693. The van der Waals surface area contributed by atoms with Gasteiger partial charge in [-0.1, -0.05) is 6.07 Å². The fourth-order valence-electron chi connectivity index (χ4n) is 2.42. The number of rotatable bonds is 4. The number of nitrogens with zero attached hydrogens (tertiary/aromatic N) is 1. The maximum Gasteiger partial charge on any atom is 0.337 e. The second-order valence-electron chi connectivity index (χ2n) is 5.59.